The summed E-state index contributed by atoms with van der Waals surface area (Å²) >= 11 is 0. The van der Waals surface area contributed by atoms with Crippen LogP contribution in [0.2, 0.25) is 0 Å². The molecular formula is C12H13NO2. The second-order valence-corrected chi connectivity index (χ2v) is 4.04. The number of nitrogens with one attached hydrogen (secondary N) is 1. The maximum atomic E-state index is 11.5. The molecule has 0 aliphatic carbocycles. The fourth-order valence-corrected chi connectivity index (χ4v) is 2.04. The molecule has 1 saturated heterocycles. The predicted molar refractivity (Wildman–Crippen MR) is 56.7 cm³/mol. The summed E-state index contributed by atoms with van der Waals surface area (Å²) in [6, 6.07) is 5.84. The second kappa shape index (κ2) is 3.50. The van der Waals surface area contributed by atoms with E-state index < -0.39 is 5.92 Å². The summed E-state index contributed by atoms with van der Waals surface area (Å²) in [6.07, 6.45) is 0. The molecular weight excluding hydrogens is 190 g/mol. The van der Waals surface area contributed by atoms with Gasteiger partial charge in [0.1, 0.15) is 5.92 Å². The minimum atomic E-state index is -0.594. The van der Waals surface area contributed by atoms with Gasteiger partial charge in [-0.2, -0.15) is 0 Å². The lowest BCUT2D eigenvalue weighted by atomic mass is 9.94. The molecule has 1 amide bonds. The molecule has 2 rings (SSSR count). The quantitative estimate of drug-likeness (QED) is 0.694. The van der Waals surface area contributed by atoms with Crippen LogP contribution >= 0.6 is 0 Å². The van der Waals surface area contributed by atoms with Gasteiger partial charge in [0.15, 0.2) is 5.78 Å². The number of ketones is 1. The van der Waals surface area contributed by atoms with Crippen molar-refractivity contribution < 1.29 is 9.59 Å². The zero-order valence-corrected chi connectivity index (χ0v) is 8.83. The third kappa shape index (κ3) is 1.77. The van der Waals surface area contributed by atoms with Gasteiger partial charge in [0.25, 0.3) is 0 Å². The fourth-order valence-electron chi connectivity index (χ4n) is 2.04. The molecule has 0 aromatic heterocycles. The Morgan fingerprint density at radius 3 is 2.20 bits per heavy atom. The number of carbonyl (C=O) groups excluding carboxylic acids is 2. The molecule has 3 heteroatoms. The van der Waals surface area contributed by atoms with Crippen molar-refractivity contribution in [2.24, 2.45) is 0 Å². The summed E-state index contributed by atoms with van der Waals surface area (Å²) in [6.45, 7) is 4.10. The maximum absolute atomic E-state index is 11.5. The number of carbonyl (C=O) groups is 2. The van der Waals surface area contributed by atoms with Gasteiger partial charge in [-0.1, -0.05) is 29.3 Å². The van der Waals surface area contributed by atoms with Gasteiger partial charge in [0.2, 0.25) is 5.91 Å². The molecule has 0 bridgehead atoms. The van der Waals surface area contributed by atoms with Gasteiger partial charge in [-0.15, -0.1) is 0 Å². The van der Waals surface area contributed by atoms with Crippen molar-refractivity contribution in [3.63, 3.8) is 0 Å². The summed E-state index contributed by atoms with van der Waals surface area (Å²) in [5, 5.41) is 2.57. The molecule has 1 fully saturated rings. The highest BCUT2D eigenvalue weighted by molar-refractivity contribution is 6.13. The highest BCUT2D eigenvalue weighted by Gasteiger charge is 2.34. The summed E-state index contributed by atoms with van der Waals surface area (Å²) in [5.74, 6) is -0.807. The first-order valence-electron chi connectivity index (χ1n) is 4.96. The van der Waals surface area contributed by atoms with Gasteiger partial charge in [-0.05, 0) is 19.4 Å². The molecule has 3 nitrogen and oxygen atoms in total. The predicted octanol–water partition coefficient (Wildman–Crippen LogP) is 1.09. The van der Waals surface area contributed by atoms with Crippen LogP contribution in [-0.2, 0) is 9.59 Å². The number of hydrogen-bond donors (Lipinski definition) is 1. The first-order chi connectivity index (χ1) is 7.08. The van der Waals surface area contributed by atoms with E-state index in [2.05, 4.69) is 5.32 Å². The average molecular weight is 203 g/mol. The Balaban J connectivity index is 2.44. The smallest absolute Gasteiger partial charge is 0.235 e. The van der Waals surface area contributed by atoms with E-state index >= 15 is 0 Å². The van der Waals surface area contributed by atoms with Crippen LogP contribution in [0.5, 0.6) is 0 Å². The van der Waals surface area contributed by atoms with Gasteiger partial charge in [0, 0.05) is 0 Å². The SMILES string of the molecule is Cc1cc(C)cc(C2C(=O)CNC2=O)c1. The van der Waals surface area contributed by atoms with E-state index in [1.54, 1.807) is 0 Å². The maximum Gasteiger partial charge on any atom is 0.235 e. The van der Waals surface area contributed by atoms with E-state index in [9.17, 15) is 9.59 Å². The molecule has 1 unspecified atom stereocenters. The van der Waals surface area contributed by atoms with Crippen LogP contribution < -0.4 is 5.32 Å². The van der Waals surface area contributed by atoms with E-state index in [1.165, 1.54) is 0 Å². The first kappa shape index (κ1) is 9.90. The van der Waals surface area contributed by atoms with Crippen molar-refractivity contribution in [3.05, 3.63) is 34.9 Å². The summed E-state index contributed by atoms with van der Waals surface area (Å²) in [4.78, 5) is 23.0. The van der Waals surface area contributed by atoms with Crippen LogP contribution in [0.3, 0.4) is 0 Å². The number of benzene rings is 1. The van der Waals surface area contributed by atoms with Crippen LogP contribution in [0, 0.1) is 13.8 Å². The molecule has 0 radical (unpaired) electrons. The van der Waals surface area contributed by atoms with Crippen molar-refractivity contribution in [2.75, 3.05) is 6.54 Å². The molecule has 15 heavy (non-hydrogen) atoms. The molecule has 0 saturated carbocycles. The summed E-state index contributed by atoms with van der Waals surface area (Å²) < 4.78 is 0. The van der Waals surface area contributed by atoms with Crippen LogP contribution in [-0.4, -0.2) is 18.2 Å². The minimum absolute atomic E-state index is 0.0370. The Morgan fingerprint density at radius 1 is 1.13 bits per heavy atom. The first-order valence-corrected chi connectivity index (χ1v) is 4.96. The van der Waals surface area contributed by atoms with E-state index in [1.807, 2.05) is 32.0 Å². The number of aryl methyl sites for hydroxylation is 2. The van der Waals surface area contributed by atoms with E-state index in [4.69, 9.17) is 0 Å². The number of hydrogen-bond acceptors (Lipinski definition) is 2. The number of rotatable bonds is 1. The van der Waals surface area contributed by atoms with Crippen LogP contribution in [0.15, 0.2) is 18.2 Å². The lowest BCUT2D eigenvalue weighted by Crippen LogP contribution is -2.18. The topological polar surface area (TPSA) is 46.2 Å². The molecule has 1 aliphatic rings. The molecule has 1 aromatic rings. The average Bonchev–Trinajstić information content (AvgIpc) is 2.44. The minimum Gasteiger partial charge on any atom is -0.348 e. The fraction of sp³-hybridized carbons (Fsp3) is 0.333. The van der Waals surface area contributed by atoms with Gasteiger partial charge in [-0.3, -0.25) is 9.59 Å². The Bertz CT molecular complexity index is 401. The van der Waals surface area contributed by atoms with Gasteiger partial charge in [-0.25, -0.2) is 0 Å². The highest BCUT2D eigenvalue weighted by Crippen LogP contribution is 2.22. The third-order valence-corrected chi connectivity index (χ3v) is 2.60. The van der Waals surface area contributed by atoms with Crippen LogP contribution in [0.1, 0.15) is 22.6 Å². The standard InChI is InChI=1S/C12H13NO2/c1-7-3-8(2)5-9(4-7)11-10(14)6-13-12(11)15/h3-5,11H,6H2,1-2H3,(H,13,15). The monoisotopic (exact) mass is 203 g/mol. The lowest BCUT2D eigenvalue weighted by Gasteiger charge is -2.08. The highest BCUT2D eigenvalue weighted by atomic mass is 16.2. The summed E-state index contributed by atoms with van der Waals surface area (Å²) in [5.41, 5.74) is 2.97. The zero-order valence-electron chi connectivity index (χ0n) is 8.83. The molecule has 78 valence electrons. The van der Waals surface area contributed by atoms with Crippen molar-refractivity contribution in [3.8, 4) is 0 Å². The van der Waals surface area contributed by atoms with E-state index in [0.717, 1.165) is 16.7 Å². The molecule has 0 spiro atoms. The zero-order chi connectivity index (χ0) is 11.0. The molecule has 1 atom stereocenters. The normalized spacial score (nSPS) is 20.5. The lowest BCUT2D eigenvalue weighted by molar-refractivity contribution is -0.124. The van der Waals surface area contributed by atoms with Crippen LogP contribution in [0.25, 0.3) is 0 Å². The van der Waals surface area contributed by atoms with Crippen LogP contribution in [0.4, 0.5) is 0 Å². The molecule has 1 aliphatic heterocycles. The Hall–Kier alpha value is -1.64. The van der Waals surface area contributed by atoms with Crippen molar-refractivity contribution in [1.82, 2.24) is 5.32 Å². The Kier molecular flexibility index (Phi) is 2.31. The largest absolute Gasteiger partial charge is 0.348 e. The van der Waals surface area contributed by atoms with Crippen molar-refractivity contribution >= 4 is 11.7 Å². The summed E-state index contributed by atoms with van der Waals surface area (Å²) in [7, 11) is 0. The van der Waals surface area contributed by atoms with E-state index in [-0.39, 0.29) is 18.2 Å². The molecule has 1 N–H and O–H groups in total. The molecule has 1 aromatic carbocycles. The molecule has 1 heterocycles. The Labute approximate surface area is 88.5 Å². The van der Waals surface area contributed by atoms with Gasteiger partial charge < -0.3 is 5.32 Å². The van der Waals surface area contributed by atoms with Crippen molar-refractivity contribution in [2.45, 2.75) is 19.8 Å². The van der Waals surface area contributed by atoms with Gasteiger partial charge in [0.05, 0.1) is 6.54 Å². The van der Waals surface area contributed by atoms with Crippen molar-refractivity contribution in [1.29, 1.82) is 0 Å². The third-order valence-electron chi connectivity index (χ3n) is 2.60. The van der Waals surface area contributed by atoms with Gasteiger partial charge >= 0.3 is 0 Å². The van der Waals surface area contributed by atoms with E-state index in [0.29, 0.717) is 0 Å². The number of amides is 1. The Morgan fingerprint density at radius 2 is 1.73 bits per heavy atom. The second-order valence-electron chi connectivity index (χ2n) is 4.04. The number of Topliss-reactive ketones (excluding diaryl/α,β-unsaturated/α-hetero) is 1.